The van der Waals surface area contributed by atoms with Gasteiger partial charge in [0.1, 0.15) is 0 Å². The smallest absolute Gasteiger partial charge is 0.267 e. The van der Waals surface area contributed by atoms with Crippen LogP contribution in [-0.2, 0) is 0 Å². The number of nitrogens with zero attached hydrogens (tertiary/aromatic N) is 1. The molecule has 0 saturated carbocycles. The summed E-state index contributed by atoms with van der Waals surface area (Å²) in [7, 11) is 0. The van der Waals surface area contributed by atoms with Crippen molar-refractivity contribution in [3.63, 3.8) is 0 Å². The summed E-state index contributed by atoms with van der Waals surface area (Å²) in [5.74, 6) is 0.190. The summed E-state index contributed by atoms with van der Waals surface area (Å²) < 4.78 is 0. The van der Waals surface area contributed by atoms with Gasteiger partial charge in [0.05, 0.1) is 0 Å². The van der Waals surface area contributed by atoms with Gasteiger partial charge in [-0.2, -0.15) is 5.10 Å². The summed E-state index contributed by atoms with van der Waals surface area (Å²) in [6.07, 6.45) is 0. The molecule has 0 fully saturated rings. The highest BCUT2D eigenvalue weighted by Gasteiger charge is 2.07. The summed E-state index contributed by atoms with van der Waals surface area (Å²) in [4.78, 5) is 11.8. The molecule has 0 aliphatic heterocycles. The zero-order valence-corrected chi connectivity index (χ0v) is 10.2. The molecule has 0 radical (unpaired) electrons. The standard InChI is InChI=1S/C13H18N2O/c1-9(2)11(4)14-15-13(16)12-8-6-5-7-10(12)3/h5-9H,1-4H3,(H,15,16)/b14-11-. The number of aryl methyl sites for hydroxylation is 1. The molecule has 1 amide bonds. The van der Waals surface area contributed by atoms with Crippen molar-refractivity contribution in [3.05, 3.63) is 35.4 Å². The van der Waals surface area contributed by atoms with Crippen LogP contribution in [0.1, 0.15) is 36.7 Å². The second-order valence-electron chi connectivity index (χ2n) is 4.16. The molecular weight excluding hydrogens is 200 g/mol. The summed E-state index contributed by atoms with van der Waals surface area (Å²) in [5.41, 5.74) is 5.11. The molecule has 0 heterocycles. The highest BCUT2D eigenvalue weighted by molar-refractivity contribution is 5.96. The van der Waals surface area contributed by atoms with Gasteiger partial charge in [-0.05, 0) is 31.4 Å². The molecule has 0 spiro atoms. The molecule has 86 valence electrons. The number of carbonyl (C=O) groups is 1. The van der Waals surface area contributed by atoms with E-state index < -0.39 is 0 Å². The third-order valence-corrected chi connectivity index (χ3v) is 2.56. The van der Waals surface area contributed by atoms with Gasteiger partial charge in [0.25, 0.3) is 5.91 Å². The fraction of sp³-hybridized carbons (Fsp3) is 0.385. The molecule has 0 saturated heterocycles. The SMILES string of the molecule is C/C(=N/NC(=O)c1ccccc1C)C(C)C. The fourth-order valence-corrected chi connectivity index (χ4v) is 1.16. The Labute approximate surface area is 96.6 Å². The maximum absolute atomic E-state index is 11.8. The van der Waals surface area contributed by atoms with Crippen LogP contribution >= 0.6 is 0 Å². The van der Waals surface area contributed by atoms with Crippen molar-refractivity contribution in [1.29, 1.82) is 0 Å². The lowest BCUT2D eigenvalue weighted by Crippen LogP contribution is -2.21. The van der Waals surface area contributed by atoms with Gasteiger partial charge in [-0.15, -0.1) is 0 Å². The minimum atomic E-state index is -0.155. The highest BCUT2D eigenvalue weighted by atomic mass is 16.2. The summed E-state index contributed by atoms with van der Waals surface area (Å²) in [6, 6.07) is 7.47. The first-order valence-corrected chi connectivity index (χ1v) is 5.42. The topological polar surface area (TPSA) is 41.5 Å². The van der Waals surface area contributed by atoms with E-state index in [-0.39, 0.29) is 5.91 Å². The second-order valence-corrected chi connectivity index (χ2v) is 4.16. The van der Waals surface area contributed by atoms with Gasteiger partial charge in [0.2, 0.25) is 0 Å². The minimum absolute atomic E-state index is 0.155. The van der Waals surface area contributed by atoms with E-state index in [1.807, 2.05) is 45.9 Å². The van der Waals surface area contributed by atoms with Gasteiger partial charge in [-0.1, -0.05) is 32.0 Å². The largest absolute Gasteiger partial charge is 0.271 e. The number of amides is 1. The van der Waals surface area contributed by atoms with Crippen LogP contribution < -0.4 is 5.43 Å². The number of nitrogens with one attached hydrogen (secondary N) is 1. The number of rotatable bonds is 3. The van der Waals surface area contributed by atoms with Crippen molar-refractivity contribution in [2.75, 3.05) is 0 Å². The Kier molecular flexibility index (Phi) is 4.23. The second kappa shape index (κ2) is 5.45. The van der Waals surface area contributed by atoms with Crippen LogP contribution in [0.2, 0.25) is 0 Å². The Bertz CT molecular complexity index is 408. The number of benzene rings is 1. The van der Waals surface area contributed by atoms with Crippen LogP contribution in [0.15, 0.2) is 29.4 Å². The number of hydrazone groups is 1. The first-order chi connectivity index (χ1) is 7.52. The number of hydrogen-bond acceptors (Lipinski definition) is 2. The third kappa shape index (κ3) is 3.19. The van der Waals surface area contributed by atoms with Crippen LogP contribution in [0.25, 0.3) is 0 Å². The summed E-state index contributed by atoms with van der Waals surface area (Å²) in [6.45, 7) is 7.90. The summed E-state index contributed by atoms with van der Waals surface area (Å²) in [5, 5.41) is 4.06. The van der Waals surface area contributed by atoms with E-state index >= 15 is 0 Å². The van der Waals surface area contributed by atoms with Crippen LogP contribution in [0.3, 0.4) is 0 Å². The van der Waals surface area contributed by atoms with E-state index in [0.717, 1.165) is 11.3 Å². The summed E-state index contributed by atoms with van der Waals surface area (Å²) >= 11 is 0. The zero-order chi connectivity index (χ0) is 12.1. The Hall–Kier alpha value is -1.64. The van der Waals surface area contributed by atoms with Gasteiger partial charge in [-0.25, -0.2) is 5.43 Å². The monoisotopic (exact) mass is 218 g/mol. The van der Waals surface area contributed by atoms with Crippen molar-refractivity contribution < 1.29 is 4.79 Å². The predicted octanol–water partition coefficient (Wildman–Crippen LogP) is 2.76. The third-order valence-electron chi connectivity index (χ3n) is 2.56. The molecule has 1 N–H and O–H groups in total. The minimum Gasteiger partial charge on any atom is -0.267 e. The molecule has 0 unspecified atom stereocenters. The van der Waals surface area contributed by atoms with Crippen molar-refractivity contribution >= 4 is 11.6 Å². The van der Waals surface area contributed by atoms with Crippen molar-refractivity contribution in [2.45, 2.75) is 27.7 Å². The lowest BCUT2D eigenvalue weighted by atomic mass is 10.1. The van der Waals surface area contributed by atoms with E-state index in [1.54, 1.807) is 6.07 Å². The molecule has 0 aliphatic carbocycles. The molecule has 16 heavy (non-hydrogen) atoms. The van der Waals surface area contributed by atoms with Gasteiger partial charge >= 0.3 is 0 Å². The van der Waals surface area contributed by atoms with Crippen LogP contribution in [0.5, 0.6) is 0 Å². The van der Waals surface area contributed by atoms with Crippen molar-refractivity contribution in [3.8, 4) is 0 Å². The average molecular weight is 218 g/mol. The molecule has 3 heteroatoms. The molecule has 3 nitrogen and oxygen atoms in total. The fourth-order valence-electron chi connectivity index (χ4n) is 1.16. The number of carbonyl (C=O) groups excluding carboxylic acids is 1. The first kappa shape index (κ1) is 12.4. The Balaban J connectivity index is 2.74. The van der Waals surface area contributed by atoms with Crippen LogP contribution in [-0.4, -0.2) is 11.6 Å². The molecule has 0 aromatic heterocycles. The molecule has 1 rings (SSSR count). The van der Waals surface area contributed by atoms with Crippen molar-refractivity contribution in [2.24, 2.45) is 11.0 Å². The van der Waals surface area contributed by atoms with Gasteiger partial charge < -0.3 is 0 Å². The Morgan fingerprint density at radius 2 is 1.94 bits per heavy atom. The maximum atomic E-state index is 11.8. The zero-order valence-electron chi connectivity index (χ0n) is 10.2. The number of hydrogen-bond donors (Lipinski definition) is 1. The van der Waals surface area contributed by atoms with E-state index in [4.69, 9.17) is 0 Å². The van der Waals surface area contributed by atoms with E-state index in [2.05, 4.69) is 10.5 Å². The Morgan fingerprint density at radius 1 is 1.31 bits per heavy atom. The lowest BCUT2D eigenvalue weighted by molar-refractivity contribution is 0.0954. The lowest BCUT2D eigenvalue weighted by Gasteiger charge is -2.06. The Morgan fingerprint density at radius 3 is 2.50 bits per heavy atom. The molecule has 0 aliphatic rings. The van der Waals surface area contributed by atoms with Gasteiger partial charge in [-0.3, -0.25) is 4.79 Å². The maximum Gasteiger partial charge on any atom is 0.271 e. The van der Waals surface area contributed by atoms with Gasteiger partial charge in [0.15, 0.2) is 0 Å². The van der Waals surface area contributed by atoms with Crippen molar-refractivity contribution in [1.82, 2.24) is 5.43 Å². The first-order valence-electron chi connectivity index (χ1n) is 5.42. The quantitative estimate of drug-likeness (QED) is 0.615. The van der Waals surface area contributed by atoms with E-state index in [1.165, 1.54) is 0 Å². The average Bonchev–Trinajstić information content (AvgIpc) is 2.25. The highest BCUT2D eigenvalue weighted by Crippen LogP contribution is 2.06. The molecule has 1 aromatic carbocycles. The van der Waals surface area contributed by atoms with Crippen LogP contribution in [0, 0.1) is 12.8 Å². The van der Waals surface area contributed by atoms with E-state index in [9.17, 15) is 4.79 Å². The van der Waals surface area contributed by atoms with Gasteiger partial charge in [0, 0.05) is 11.3 Å². The van der Waals surface area contributed by atoms with E-state index in [0.29, 0.717) is 11.5 Å². The molecule has 0 atom stereocenters. The normalized spacial score (nSPS) is 11.7. The molecular formula is C13H18N2O. The predicted molar refractivity (Wildman–Crippen MR) is 66.6 cm³/mol. The molecule has 1 aromatic rings. The van der Waals surface area contributed by atoms with Crippen LogP contribution in [0.4, 0.5) is 0 Å². The molecule has 0 bridgehead atoms.